The van der Waals surface area contributed by atoms with Gasteiger partial charge in [0.25, 0.3) is 0 Å². The second-order valence-electron chi connectivity index (χ2n) is 7.47. The number of carbonyl (C=O) groups is 1. The molecular formula is C23H26F2N4O2. The van der Waals surface area contributed by atoms with Gasteiger partial charge < -0.3 is 5.11 Å². The van der Waals surface area contributed by atoms with Crippen molar-refractivity contribution in [2.45, 2.75) is 58.4 Å². The van der Waals surface area contributed by atoms with E-state index in [9.17, 15) is 18.7 Å². The molecule has 2 heterocycles. The Hall–Kier alpha value is -3.16. The number of aryl methyl sites for hydroxylation is 1. The number of aromatic carboxylic acids is 1. The van der Waals surface area contributed by atoms with Crippen LogP contribution < -0.4 is 0 Å². The molecule has 0 saturated carbocycles. The molecule has 8 heteroatoms. The summed E-state index contributed by atoms with van der Waals surface area (Å²) < 4.78 is 30.3. The maximum Gasteiger partial charge on any atom is 0.337 e. The van der Waals surface area contributed by atoms with Crippen molar-refractivity contribution in [2.24, 2.45) is 0 Å². The Morgan fingerprint density at radius 2 is 1.87 bits per heavy atom. The van der Waals surface area contributed by atoms with Gasteiger partial charge in [0.2, 0.25) is 5.82 Å². The summed E-state index contributed by atoms with van der Waals surface area (Å²) in [6.45, 7) is 4.05. The Morgan fingerprint density at radius 3 is 2.52 bits per heavy atom. The van der Waals surface area contributed by atoms with Crippen molar-refractivity contribution in [3.8, 4) is 11.3 Å². The summed E-state index contributed by atoms with van der Waals surface area (Å²) >= 11 is 0. The summed E-state index contributed by atoms with van der Waals surface area (Å²) in [5, 5.41) is 13.5. The molecule has 0 atom stereocenters. The molecule has 0 aliphatic rings. The van der Waals surface area contributed by atoms with E-state index in [0.717, 1.165) is 18.4 Å². The Balaban J connectivity index is 1.87. The fraction of sp³-hybridized carbons (Fsp3) is 0.391. The highest BCUT2D eigenvalue weighted by molar-refractivity contribution is 5.94. The molecule has 0 aliphatic carbocycles. The number of halogens is 2. The molecule has 1 N–H and O–H groups in total. The maximum absolute atomic E-state index is 14.4. The SMILES string of the molecule is CCCCc1nc(C(F)(F)CCC)nn1Cc1ccc(-c2ncccc2C(=O)O)cc1. The smallest absolute Gasteiger partial charge is 0.337 e. The third kappa shape index (κ3) is 5.31. The first-order chi connectivity index (χ1) is 14.9. The monoisotopic (exact) mass is 428 g/mol. The van der Waals surface area contributed by atoms with Crippen LogP contribution in [0.5, 0.6) is 0 Å². The summed E-state index contributed by atoms with van der Waals surface area (Å²) in [5.41, 5.74) is 2.02. The van der Waals surface area contributed by atoms with E-state index in [1.807, 2.05) is 19.1 Å². The van der Waals surface area contributed by atoms with E-state index in [2.05, 4.69) is 15.1 Å². The molecule has 0 fully saturated rings. The van der Waals surface area contributed by atoms with E-state index in [-0.39, 0.29) is 12.0 Å². The number of carboxylic acid groups (broad SMARTS) is 1. The van der Waals surface area contributed by atoms with E-state index in [1.165, 1.54) is 6.07 Å². The van der Waals surface area contributed by atoms with Crippen molar-refractivity contribution in [3.63, 3.8) is 0 Å². The number of alkyl halides is 2. The van der Waals surface area contributed by atoms with Crippen LogP contribution in [-0.4, -0.2) is 30.8 Å². The minimum absolute atomic E-state index is 0.121. The summed E-state index contributed by atoms with van der Waals surface area (Å²) in [6, 6.07) is 10.3. The number of hydrogen-bond acceptors (Lipinski definition) is 4. The zero-order chi connectivity index (χ0) is 22.4. The van der Waals surface area contributed by atoms with Gasteiger partial charge in [-0.25, -0.2) is 14.5 Å². The summed E-state index contributed by atoms with van der Waals surface area (Å²) in [7, 11) is 0. The Kier molecular flexibility index (Phi) is 7.09. The summed E-state index contributed by atoms with van der Waals surface area (Å²) in [6.07, 6.45) is 3.96. The molecular weight excluding hydrogens is 402 g/mol. The van der Waals surface area contributed by atoms with Crippen molar-refractivity contribution in [1.29, 1.82) is 0 Å². The van der Waals surface area contributed by atoms with Crippen LogP contribution in [0.25, 0.3) is 11.3 Å². The van der Waals surface area contributed by atoms with Gasteiger partial charge >= 0.3 is 11.9 Å². The highest BCUT2D eigenvalue weighted by Gasteiger charge is 2.36. The van der Waals surface area contributed by atoms with Crippen LogP contribution >= 0.6 is 0 Å². The highest BCUT2D eigenvalue weighted by atomic mass is 19.3. The van der Waals surface area contributed by atoms with Crippen LogP contribution in [0.2, 0.25) is 0 Å². The Labute approximate surface area is 180 Å². The Bertz CT molecular complexity index is 1030. The van der Waals surface area contributed by atoms with E-state index in [4.69, 9.17) is 0 Å². The second-order valence-corrected chi connectivity index (χ2v) is 7.47. The fourth-order valence-electron chi connectivity index (χ4n) is 3.35. The average Bonchev–Trinajstić information content (AvgIpc) is 3.16. The van der Waals surface area contributed by atoms with Crippen LogP contribution in [0.3, 0.4) is 0 Å². The largest absolute Gasteiger partial charge is 0.478 e. The molecule has 0 spiro atoms. The molecule has 0 saturated heterocycles. The van der Waals surface area contributed by atoms with Gasteiger partial charge in [0.05, 0.1) is 17.8 Å². The normalized spacial score (nSPS) is 11.6. The first kappa shape index (κ1) is 22.5. The van der Waals surface area contributed by atoms with Crippen molar-refractivity contribution in [1.82, 2.24) is 19.7 Å². The van der Waals surface area contributed by atoms with Crippen LogP contribution in [0, 0.1) is 0 Å². The number of nitrogens with zero attached hydrogens (tertiary/aromatic N) is 4. The van der Waals surface area contributed by atoms with Gasteiger partial charge in [-0.3, -0.25) is 4.98 Å². The van der Waals surface area contributed by atoms with Gasteiger partial charge in [-0.15, -0.1) is 5.10 Å². The van der Waals surface area contributed by atoms with Gasteiger partial charge in [-0.05, 0) is 30.5 Å². The van der Waals surface area contributed by atoms with E-state index >= 15 is 0 Å². The number of carboxylic acids is 1. The molecule has 164 valence electrons. The fourth-order valence-corrected chi connectivity index (χ4v) is 3.35. The van der Waals surface area contributed by atoms with Gasteiger partial charge in [0.1, 0.15) is 5.82 Å². The molecule has 0 radical (unpaired) electrons. The maximum atomic E-state index is 14.4. The molecule has 0 bridgehead atoms. The topological polar surface area (TPSA) is 80.9 Å². The molecule has 2 aromatic heterocycles. The van der Waals surface area contributed by atoms with E-state index < -0.39 is 17.7 Å². The number of pyridine rings is 1. The quantitative estimate of drug-likeness (QED) is 0.473. The van der Waals surface area contributed by atoms with E-state index in [1.54, 1.807) is 36.0 Å². The van der Waals surface area contributed by atoms with Crippen LogP contribution in [0.4, 0.5) is 8.78 Å². The lowest BCUT2D eigenvalue weighted by Gasteiger charge is -2.10. The average molecular weight is 428 g/mol. The van der Waals surface area contributed by atoms with Crippen LogP contribution in [0.15, 0.2) is 42.6 Å². The zero-order valence-corrected chi connectivity index (χ0v) is 17.7. The summed E-state index contributed by atoms with van der Waals surface area (Å²) in [5.74, 6) is -3.96. The first-order valence-electron chi connectivity index (χ1n) is 10.4. The number of rotatable bonds is 10. The lowest BCUT2D eigenvalue weighted by atomic mass is 10.0. The van der Waals surface area contributed by atoms with Gasteiger partial charge in [-0.2, -0.15) is 8.78 Å². The lowest BCUT2D eigenvalue weighted by Crippen LogP contribution is -2.15. The molecule has 1 aromatic carbocycles. The minimum atomic E-state index is -3.04. The minimum Gasteiger partial charge on any atom is -0.478 e. The predicted molar refractivity (Wildman–Crippen MR) is 113 cm³/mol. The molecule has 3 aromatic rings. The Morgan fingerprint density at radius 1 is 1.13 bits per heavy atom. The molecule has 0 unspecified atom stereocenters. The molecule has 3 rings (SSSR count). The number of hydrogen-bond donors (Lipinski definition) is 1. The first-order valence-corrected chi connectivity index (χ1v) is 10.4. The molecule has 31 heavy (non-hydrogen) atoms. The van der Waals surface area contributed by atoms with E-state index in [0.29, 0.717) is 36.5 Å². The molecule has 6 nitrogen and oxygen atoms in total. The van der Waals surface area contributed by atoms with Gasteiger partial charge in [0.15, 0.2) is 0 Å². The van der Waals surface area contributed by atoms with Crippen molar-refractivity contribution in [2.75, 3.05) is 0 Å². The summed E-state index contributed by atoms with van der Waals surface area (Å²) in [4.78, 5) is 19.8. The van der Waals surface area contributed by atoms with Crippen molar-refractivity contribution in [3.05, 3.63) is 65.4 Å². The third-order valence-corrected chi connectivity index (χ3v) is 4.99. The standard InChI is InChI=1S/C23H26F2N4O2/c1-3-5-8-19-27-22(23(24,25)13-4-2)28-29(19)15-16-9-11-17(12-10-16)20-18(21(30)31)7-6-14-26-20/h6-7,9-12,14H,3-5,8,13,15H2,1-2H3,(H,30,31). The molecule has 0 amide bonds. The predicted octanol–water partition coefficient (Wildman–Crippen LogP) is 5.32. The number of unbranched alkanes of at least 4 members (excludes halogenated alkanes) is 1. The zero-order valence-electron chi connectivity index (χ0n) is 17.7. The van der Waals surface area contributed by atoms with Crippen LogP contribution in [-0.2, 0) is 18.9 Å². The number of aromatic nitrogens is 4. The van der Waals surface area contributed by atoms with Crippen molar-refractivity contribution >= 4 is 5.97 Å². The second kappa shape index (κ2) is 9.76. The highest BCUT2D eigenvalue weighted by Crippen LogP contribution is 2.31. The number of benzene rings is 1. The lowest BCUT2D eigenvalue weighted by molar-refractivity contribution is -0.0232. The van der Waals surface area contributed by atoms with Crippen LogP contribution in [0.1, 0.15) is 67.1 Å². The third-order valence-electron chi connectivity index (χ3n) is 4.99. The van der Waals surface area contributed by atoms with Gasteiger partial charge in [-0.1, -0.05) is 44.5 Å². The van der Waals surface area contributed by atoms with Gasteiger partial charge in [0, 0.05) is 24.6 Å². The molecule has 0 aliphatic heterocycles. The van der Waals surface area contributed by atoms with Crippen molar-refractivity contribution < 1.29 is 18.7 Å².